The first-order chi connectivity index (χ1) is 22.2. The van der Waals surface area contributed by atoms with Gasteiger partial charge < -0.3 is 25.2 Å². The van der Waals surface area contributed by atoms with E-state index >= 15 is 0 Å². The van der Waals surface area contributed by atoms with Crippen molar-refractivity contribution in [1.29, 1.82) is 0 Å². The van der Waals surface area contributed by atoms with Crippen LogP contribution >= 0.6 is 11.6 Å². The fraction of sp³-hybridized carbons (Fsp3) is 0.526. The second-order valence-corrected chi connectivity index (χ2v) is 14.4. The number of nitrogens with zero attached hydrogens (tertiary/aromatic N) is 1. The number of rotatable bonds is 12. The van der Waals surface area contributed by atoms with E-state index < -0.39 is 11.5 Å². The Balaban J connectivity index is 1.23. The molecule has 46 heavy (non-hydrogen) atoms. The molecule has 7 nitrogen and oxygen atoms in total. The average Bonchev–Trinajstić information content (AvgIpc) is 3.32. The number of carbonyl (C=O) groups is 1. The lowest BCUT2D eigenvalue weighted by molar-refractivity contribution is -0.144. The molecule has 0 saturated heterocycles. The summed E-state index contributed by atoms with van der Waals surface area (Å²) in [5.74, 6) is 2.26. The maximum Gasteiger partial charge on any atom is 0.329 e. The van der Waals surface area contributed by atoms with Gasteiger partial charge in [0.15, 0.2) is 0 Å². The molecule has 1 heterocycles. The highest BCUT2D eigenvalue weighted by Crippen LogP contribution is 2.56. The van der Waals surface area contributed by atoms with Gasteiger partial charge in [0.2, 0.25) is 0 Å². The van der Waals surface area contributed by atoms with Crippen LogP contribution in [0, 0.1) is 11.8 Å². The van der Waals surface area contributed by atoms with Crippen molar-refractivity contribution in [2.75, 3.05) is 32.1 Å². The number of carboxylic acids is 1. The van der Waals surface area contributed by atoms with Crippen molar-refractivity contribution in [3.8, 4) is 11.5 Å². The molecule has 0 bridgehead atoms. The molecule has 3 N–H and O–H groups in total. The van der Waals surface area contributed by atoms with Gasteiger partial charge in [-0.15, -0.1) is 0 Å². The molecule has 246 valence electrons. The number of fused-ring (bicyclic) bond motifs is 3. The maximum absolute atomic E-state index is 12.9. The van der Waals surface area contributed by atoms with Crippen molar-refractivity contribution in [2.45, 2.75) is 88.5 Å². The molecule has 2 aromatic carbocycles. The van der Waals surface area contributed by atoms with Gasteiger partial charge in [-0.3, -0.25) is 4.98 Å². The normalized spacial score (nSPS) is 25.8. The third kappa shape index (κ3) is 6.59. The van der Waals surface area contributed by atoms with Gasteiger partial charge in [0, 0.05) is 34.7 Å². The smallest absolute Gasteiger partial charge is 0.329 e. The van der Waals surface area contributed by atoms with Gasteiger partial charge in [0.1, 0.15) is 23.6 Å². The Morgan fingerprint density at radius 3 is 2.72 bits per heavy atom. The summed E-state index contributed by atoms with van der Waals surface area (Å²) in [4.78, 5) is 17.5. The minimum Gasteiger partial charge on any atom is -0.493 e. The fourth-order valence-corrected chi connectivity index (χ4v) is 8.63. The zero-order valence-electron chi connectivity index (χ0n) is 27.4. The summed E-state index contributed by atoms with van der Waals surface area (Å²) in [6, 6.07) is 16.0. The van der Waals surface area contributed by atoms with E-state index in [-0.39, 0.29) is 5.41 Å². The lowest BCUT2D eigenvalue weighted by atomic mass is 9.59. The number of aliphatic carboxylic acids is 1. The molecule has 3 aliphatic carbocycles. The molecule has 3 atom stereocenters. The number of hydrogen-bond donors (Lipinski definition) is 3. The van der Waals surface area contributed by atoms with Crippen molar-refractivity contribution in [1.82, 2.24) is 10.3 Å². The third-order valence-corrected chi connectivity index (χ3v) is 11.1. The van der Waals surface area contributed by atoms with E-state index in [1.807, 2.05) is 31.4 Å². The monoisotopic (exact) mass is 645 g/mol. The predicted molar refractivity (Wildman–Crippen MR) is 184 cm³/mol. The number of halogens is 1. The van der Waals surface area contributed by atoms with Crippen molar-refractivity contribution in [2.24, 2.45) is 11.8 Å². The van der Waals surface area contributed by atoms with E-state index in [1.165, 1.54) is 35.2 Å². The number of ether oxygens (including phenoxy) is 2. The van der Waals surface area contributed by atoms with Crippen molar-refractivity contribution in [3.63, 3.8) is 0 Å². The number of aromatic nitrogens is 1. The van der Waals surface area contributed by atoms with Gasteiger partial charge in [0.25, 0.3) is 0 Å². The zero-order chi connectivity index (χ0) is 32.3. The molecular formula is C38H48ClN3O4. The molecular weight excluding hydrogens is 598 g/mol. The highest BCUT2D eigenvalue weighted by Gasteiger charge is 2.54. The summed E-state index contributed by atoms with van der Waals surface area (Å²) in [5.41, 5.74) is 4.76. The van der Waals surface area contributed by atoms with Crippen LogP contribution in [0.4, 0.5) is 5.69 Å². The highest BCUT2D eigenvalue weighted by molar-refractivity contribution is 6.30. The second-order valence-electron chi connectivity index (χ2n) is 14.0. The molecule has 8 heteroatoms. The predicted octanol–water partition coefficient (Wildman–Crippen LogP) is 7.80. The van der Waals surface area contributed by atoms with Crippen LogP contribution < -0.4 is 20.1 Å². The third-order valence-electron chi connectivity index (χ3n) is 10.9. The van der Waals surface area contributed by atoms with Gasteiger partial charge in [-0.1, -0.05) is 37.6 Å². The number of anilines is 1. The quantitative estimate of drug-likeness (QED) is 0.173. The average molecular weight is 646 g/mol. The highest BCUT2D eigenvalue weighted by atomic mass is 35.5. The Morgan fingerprint density at radius 2 is 1.96 bits per heavy atom. The summed E-state index contributed by atoms with van der Waals surface area (Å²) in [6.07, 6.45) is 9.91. The van der Waals surface area contributed by atoms with Crippen LogP contribution in [0.15, 0.2) is 54.7 Å². The first-order valence-electron chi connectivity index (χ1n) is 17.0. The lowest BCUT2D eigenvalue weighted by Crippen LogP contribution is -2.53. The molecule has 0 radical (unpaired) electrons. The van der Waals surface area contributed by atoms with Crippen LogP contribution in [0.2, 0.25) is 5.02 Å². The first-order valence-corrected chi connectivity index (χ1v) is 17.4. The molecule has 0 aliphatic heterocycles. The molecule has 1 fully saturated rings. The Morgan fingerprint density at radius 1 is 1.13 bits per heavy atom. The summed E-state index contributed by atoms with van der Waals surface area (Å²) < 4.78 is 12.7. The topological polar surface area (TPSA) is 92.7 Å². The maximum atomic E-state index is 12.9. The molecule has 1 aromatic heterocycles. The lowest BCUT2D eigenvalue weighted by Gasteiger charge is -2.47. The first kappa shape index (κ1) is 32.6. The van der Waals surface area contributed by atoms with Crippen molar-refractivity contribution in [3.05, 3.63) is 82.1 Å². The van der Waals surface area contributed by atoms with Crippen LogP contribution in [0.1, 0.15) is 87.1 Å². The molecule has 3 aliphatic rings. The molecule has 1 saturated carbocycles. The molecule has 0 amide bonds. The Kier molecular flexibility index (Phi) is 9.81. The van der Waals surface area contributed by atoms with Crippen LogP contribution in [0.3, 0.4) is 0 Å². The van der Waals surface area contributed by atoms with Crippen LogP contribution in [-0.2, 0) is 23.1 Å². The molecule has 3 aromatic rings. The zero-order valence-corrected chi connectivity index (χ0v) is 28.2. The van der Waals surface area contributed by atoms with Crippen LogP contribution in [-0.4, -0.2) is 48.4 Å². The standard InChI is InChI=1S/C38H48ClN3O4/c1-25(24-46-34-12-17-41-33-9-4-6-26(2)35(33)34)20-28-21-27-10-11-31(45-19-18-40-3)23-32(27)37(28)13-15-38(16-14-37,36(43)44)42-30-8-5-7-29(39)22-30/h5,7-8,10-12,17,22-23,25-26,28,40,42H,4,6,9,13-16,18-21,24H2,1-3H3,(H,43,44)/t25-,26+,28?,37?,38?/m1/s1. The van der Waals surface area contributed by atoms with Gasteiger partial charge in [-0.05, 0) is 136 Å². The summed E-state index contributed by atoms with van der Waals surface area (Å²) >= 11 is 6.26. The second kappa shape index (κ2) is 13.8. The van der Waals surface area contributed by atoms with Gasteiger partial charge in [-0.2, -0.15) is 0 Å². The molecule has 1 unspecified atom stereocenters. The number of hydrogen-bond acceptors (Lipinski definition) is 6. The minimum absolute atomic E-state index is 0.120. The van der Waals surface area contributed by atoms with E-state index in [9.17, 15) is 9.90 Å². The Labute approximate surface area is 278 Å². The summed E-state index contributed by atoms with van der Waals surface area (Å²) in [5, 5.41) is 17.7. The SMILES string of the molecule is CNCCOc1ccc2c(c1)C1(CCC(Nc3cccc(Cl)c3)(C(=O)O)CC1)C(C[C@@H](C)COc1ccnc3c1[C@@H](C)CCC3)C2. The van der Waals surface area contributed by atoms with E-state index in [1.54, 1.807) is 12.1 Å². The summed E-state index contributed by atoms with van der Waals surface area (Å²) in [6.45, 7) is 6.61. The van der Waals surface area contributed by atoms with Crippen LogP contribution in [0.5, 0.6) is 11.5 Å². The van der Waals surface area contributed by atoms with Crippen molar-refractivity contribution >= 4 is 23.3 Å². The number of likely N-dealkylation sites (N-methyl/N-ethyl adjacent to an activating group) is 1. The Hall–Kier alpha value is -3.29. The molecule has 6 rings (SSSR count). The number of aryl methyl sites for hydroxylation is 1. The van der Waals surface area contributed by atoms with Crippen molar-refractivity contribution < 1.29 is 19.4 Å². The number of nitrogens with one attached hydrogen (secondary N) is 2. The fourth-order valence-electron chi connectivity index (χ4n) is 8.44. The number of pyridine rings is 1. The number of benzene rings is 2. The summed E-state index contributed by atoms with van der Waals surface area (Å²) in [7, 11) is 1.93. The van der Waals surface area contributed by atoms with E-state index in [4.69, 9.17) is 21.1 Å². The van der Waals surface area contributed by atoms with Crippen LogP contribution in [0.25, 0.3) is 0 Å². The van der Waals surface area contributed by atoms with Gasteiger partial charge >= 0.3 is 5.97 Å². The Bertz CT molecular complexity index is 1540. The minimum atomic E-state index is -1.05. The number of carboxylic acid groups (broad SMARTS) is 1. The molecule has 1 spiro atoms. The van der Waals surface area contributed by atoms with E-state index in [0.717, 1.165) is 55.8 Å². The van der Waals surface area contributed by atoms with E-state index in [0.29, 0.717) is 48.8 Å². The van der Waals surface area contributed by atoms with Gasteiger partial charge in [-0.25, -0.2) is 4.79 Å². The van der Waals surface area contributed by atoms with E-state index in [2.05, 4.69) is 47.7 Å². The van der Waals surface area contributed by atoms with Gasteiger partial charge in [0.05, 0.1) is 6.61 Å². The largest absolute Gasteiger partial charge is 0.493 e.